The molecule has 5 nitrogen and oxygen atoms in total. The molecule has 1 atom stereocenters. The van der Waals surface area contributed by atoms with Crippen LogP contribution in [-0.4, -0.2) is 47.7 Å². The van der Waals surface area contributed by atoms with Crippen molar-refractivity contribution in [3.63, 3.8) is 0 Å². The van der Waals surface area contributed by atoms with Gasteiger partial charge in [0.2, 0.25) is 5.91 Å². The Morgan fingerprint density at radius 1 is 1.29 bits per heavy atom. The highest BCUT2D eigenvalue weighted by Crippen LogP contribution is 2.14. The minimum absolute atomic E-state index is 0.0345. The van der Waals surface area contributed by atoms with Crippen LogP contribution >= 0.6 is 0 Å². The van der Waals surface area contributed by atoms with Crippen molar-refractivity contribution in [3.05, 3.63) is 35.9 Å². The Kier molecular flexibility index (Phi) is 5.75. The molecule has 0 saturated carbocycles. The van der Waals surface area contributed by atoms with Gasteiger partial charge in [0.1, 0.15) is 0 Å². The molecule has 114 valence electrons. The standard InChI is InChI=1S/C16H21NO4/c18-15(11-13-5-2-1-3-6-13)17(9-8-16(19)20)12-14-7-4-10-21-14/h1-3,5-6,14H,4,7-12H2,(H,19,20). The Morgan fingerprint density at radius 2 is 2.05 bits per heavy atom. The Bertz CT molecular complexity index is 468. The fourth-order valence-electron chi connectivity index (χ4n) is 2.46. The summed E-state index contributed by atoms with van der Waals surface area (Å²) in [5, 5.41) is 8.83. The van der Waals surface area contributed by atoms with Crippen molar-refractivity contribution in [2.45, 2.75) is 31.8 Å². The van der Waals surface area contributed by atoms with Gasteiger partial charge in [0.25, 0.3) is 0 Å². The van der Waals surface area contributed by atoms with E-state index in [0.29, 0.717) is 13.0 Å². The lowest BCUT2D eigenvalue weighted by molar-refractivity contribution is -0.139. The number of benzene rings is 1. The molecule has 0 aromatic heterocycles. The van der Waals surface area contributed by atoms with E-state index < -0.39 is 5.97 Å². The van der Waals surface area contributed by atoms with E-state index in [1.165, 1.54) is 0 Å². The largest absolute Gasteiger partial charge is 0.481 e. The Morgan fingerprint density at radius 3 is 2.67 bits per heavy atom. The number of rotatable bonds is 7. The van der Waals surface area contributed by atoms with E-state index >= 15 is 0 Å². The molecule has 1 amide bonds. The van der Waals surface area contributed by atoms with Crippen molar-refractivity contribution in [2.75, 3.05) is 19.7 Å². The zero-order chi connectivity index (χ0) is 15.1. The maximum absolute atomic E-state index is 12.4. The molecule has 1 aromatic carbocycles. The highest BCUT2D eigenvalue weighted by molar-refractivity contribution is 5.79. The van der Waals surface area contributed by atoms with E-state index in [4.69, 9.17) is 9.84 Å². The molecular formula is C16H21NO4. The predicted octanol–water partition coefficient (Wildman–Crippen LogP) is 1.71. The lowest BCUT2D eigenvalue weighted by Crippen LogP contribution is -2.39. The van der Waals surface area contributed by atoms with Crippen molar-refractivity contribution in [1.82, 2.24) is 4.90 Å². The van der Waals surface area contributed by atoms with Gasteiger partial charge in [-0.25, -0.2) is 0 Å². The van der Waals surface area contributed by atoms with Gasteiger partial charge in [-0.15, -0.1) is 0 Å². The Labute approximate surface area is 124 Å². The Balaban J connectivity index is 1.95. The Hall–Kier alpha value is -1.88. The summed E-state index contributed by atoms with van der Waals surface area (Å²) in [6.45, 7) is 1.45. The molecule has 0 bridgehead atoms. The molecule has 0 spiro atoms. The molecular weight excluding hydrogens is 270 g/mol. The summed E-state index contributed by atoms with van der Waals surface area (Å²) in [6.07, 6.45) is 2.24. The van der Waals surface area contributed by atoms with Crippen LogP contribution in [0.25, 0.3) is 0 Å². The smallest absolute Gasteiger partial charge is 0.305 e. The molecule has 1 aliphatic rings. The van der Waals surface area contributed by atoms with Crippen LogP contribution in [0.4, 0.5) is 0 Å². The lowest BCUT2D eigenvalue weighted by atomic mass is 10.1. The number of carbonyl (C=O) groups is 2. The van der Waals surface area contributed by atoms with E-state index in [0.717, 1.165) is 25.0 Å². The molecule has 1 aliphatic heterocycles. The normalized spacial score (nSPS) is 17.6. The number of nitrogens with zero attached hydrogens (tertiary/aromatic N) is 1. The monoisotopic (exact) mass is 291 g/mol. The minimum atomic E-state index is -0.889. The van der Waals surface area contributed by atoms with Crippen LogP contribution < -0.4 is 0 Å². The quantitative estimate of drug-likeness (QED) is 0.830. The van der Waals surface area contributed by atoms with Crippen molar-refractivity contribution in [2.24, 2.45) is 0 Å². The first-order valence-corrected chi connectivity index (χ1v) is 7.30. The summed E-state index contributed by atoms with van der Waals surface area (Å²) >= 11 is 0. The number of ether oxygens (including phenoxy) is 1. The van der Waals surface area contributed by atoms with Gasteiger partial charge in [-0.1, -0.05) is 30.3 Å². The summed E-state index contributed by atoms with van der Waals surface area (Å²) < 4.78 is 5.55. The summed E-state index contributed by atoms with van der Waals surface area (Å²) in [7, 11) is 0. The van der Waals surface area contributed by atoms with Crippen LogP contribution in [-0.2, 0) is 20.7 Å². The SMILES string of the molecule is O=C(O)CCN(CC1CCCO1)C(=O)Cc1ccccc1. The van der Waals surface area contributed by atoms with Gasteiger partial charge in [0, 0.05) is 19.7 Å². The number of carbonyl (C=O) groups excluding carboxylic acids is 1. The predicted molar refractivity (Wildman–Crippen MR) is 78.0 cm³/mol. The first kappa shape index (κ1) is 15.5. The topological polar surface area (TPSA) is 66.8 Å². The number of carboxylic acid groups (broad SMARTS) is 1. The molecule has 2 rings (SSSR count). The van der Waals surface area contributed by atoms with E-state index in [-0.39, 0.29) is 25.0 Å². The minimum Gasteiger partial charge on any atom is -0.481 e. The van der Waals surface area contributed by atoms with Crippen molar-refractivity contribution < 1.29 is 19.4 Å². The third-order valence-corrected chi connectivity index (χ3v) is 3.59. The zero-order valence-corrected chi connectivity index (χ0v) is 12.0. The molecule has 1 unspecified atom stereocenters. The highest BCUT2D eigenvalue weighted by Gasteiger charge is 2.23. The summed E-state index contributed by atoms with van der Waals surface area (Å²) in [6, 6.07) is 9.50. The number of hydrogen-bond acceptors (Lipinski definition) is 3. The number of carboxylic acids is 1. The molecule has 1 saturated heterocycles. The summed E-state index contributed by atoms with van der Waals surface area (Å²) in [5.74, 6) is -0.933. The van der Waals surface area contributed by atoms with E-state index in [9.17, 15) is 9.59 Å². The number of aliphatic carboxylic acids is 1. The molecule has 5 heteroatoms. The van der Waals surface area contributed by atoms with Gasteiger partial charge in [-0.05, 0) is 18.4 Å². The molecule has 1 heterocycles. The van der Waals surface area contributed by atoms with Crippen LogP contribution in [0.1, 0.15) is 24.8 Å². The molecule has 0 aliphatic carbocycles. The van der Waals surface area contributed by atoms with E-state index in [1.54, 1.807) is 4.90 Å². The van der Waals surface area contributed by atoms with Crippen LogP contribution in [0, 0.1) is 0 Å². The molecule has 1 fully saturated rings. The number of amides is 1. The zero-order valence-electron chi connectivity index (χ0n) is 12.0. The third kappa shape index (κ3) is 5.19. The fraction of sp³-hybridized carbons (Fsp3) is 0.500. The first-order chi connectivity index (χ1) is 10.1. The van der Waals surface area contributed by atoms with E-state index in [1.807, 2.05) is 30.3 Å². The van der Waals surface area contributed by atoms with Crippen molar-refractivity contribution >= 4 is 11.9 Å². The molecule has 0 radical (unpaired) electrons. The van der Waals surface area contributed by atoms with Gasteiger partial charge in [0.05, 0.1) is 18.9 Å². The molecule has 1 N–H and O–H groups in total. The van der Waals surface area contributed by atoms with Gasteiger partial charge >= 0.3 is 5.97 Å². The molecule has 1 aromatic rings. The van der Waals surface area contributed by atoms with E-state index in [2.05, 4.69) is 0 Å². The number of hydrogen-bond donors (Lipinski definition) is 1. The van der Waals surface area contributed by atoms with Crippen LogP contribution in [0.3, 0.4) is 0 Å². The average molecular weight is 291 g/mol. The van der Waals surface area contributed by atoms with Crippen LogP contribution in [0.15, 0.2) is 30.3 Å². The maximum Gasteiger partial charge on any atom is 0.305 e. The second-order valence-electron chi connectivity index (χ2n) is 5.28. The lowest BCUT2D eigenvalue weighted by Gasteiger charge is -2.25. The van der Waals surface area contributed by atoms with Crippen LogP contribution in [0.2, 0.25) is 0 Å². The fourth-order valence-corrected chi connectivity index (χ4v) is 2.46. The molecule has 21 heavy (non-hydrogen) atoms. The van der Waals surface area contributed by atoms with Gasteiger partial charge in [-0.2, -0.15) is 0 Å². The van der Waals surface area contributed by atoms with Crippen molar-refractivity contribution in [1.29, 1.82) is 0 Å². The summed E-state index contributed by atoms with van der Waals surface area (Å²) in [4.78, 5) is 24.8. The van der Waals surface area contributed by atoms with Gasteiger partial charge in [0.15, 0.2) is 0 Å². The van der Waals surface area contributed by atoms with Gasteiger partial charge in [-0.3, -0.25) is 9.59 Å². The summed E-state index contributed by atoms with van der Waals surface area (Å²) in [5.41, 5.74) is 0.940. The average Bonchev–Trinajstić information content (AvgIpc) is 2.97. The third-order valence-electron chi connectivity index (χ3n) is 3.59. The van der Waals surface area contributed by atoms with Gasteiger partial charge < -0.3 is 14.7 Å². The second-order valence-corrected chi connectivity index (χ2v) is 5.28. The maximum atomic E-state index is 12.4. The highest BCUT2D eigenvalue weighted by atomic mass is 16.5. The van der Waals surface area contributed by atoms with Crippen LogP contribution in [0.5, 0.6) is 0 Å². The first-order valence-electron chi connectivity index (χ1n) is 7.30. The second kappa shape index (κ2) is 7.78. The van der Waals surface area contributed by atoms with Crippen molar-refractivity contribution in [3.8, 4) is 0 Å².